The first-order chi connectivity index (χ1) is 8.16. The van der Waals surface area contributed by atoms with Crippen LogP contribution in [0.2, 0.25) is 0 Å². The summed E-state index contributed by atoms with van der Waals surface area (Å²) < 4.78 is 0. The Labute approximate surface area is 102 Å². The van der Waals surface area contributed by atoms with E-state index in [-0.39, 0.29) is 0 Å². The number of primary amides is 1. The smallest absolute Gasteiger partial charge is 0.260 e. The number of aromatic nitrogens is 1. The van der Waals surface area contributed by atoms with Crippen LogP contribution < -0.4 is 16.8 Å². The monoisotopic (exact) mass is 248 g/mol. The molecule has 0 saturated heterocycles. The summed E-state index contributed by atoms with van der Waals surface area (Å²) in [6.45, 7) is 0.653. The number of anilines is 2. The van der Waals surface area contributed by atoms with Crippen LogP contribution in [-0.2, 0) is 6.54 Å². The number of nitrogens with two attached hydrogens (primary N) is 2. The van der Waals surface area contributed by atoms with Crippen molar-refractivity contribution in [1.29, 1.82) is 0 Å². The molecule has 0 unspecified atom stereocenters. The van der Waals surface area contributed by atoms with Crippen LogP contribution in [0.1, 0.15) is 15.2 Å². The lowest BCUT2D eigenvalue weighted by molar-refractivity contribution is 0.100. The van der Waals surface area contributed by atoms with Crippen molar-refractivity contribution in [2.24, 2.45) is 5.73 Å². The highest BCUT2D eigenvalue weighted by Crippen LogP contribution is 2.28. The predicted molar refractivity (Wildman–Crippen MR) is 68.8 cm³/mol. The van der Waals surface area contributed by atoms with Crippen molar-refractivity contribution in [2.45, 2.75) is 6.54 Å². The number of nitrogens with zero attached hydrogens (tertiary/aromatic N) is 1. The number of hydrogen-bond donors (Lipinski definition) is 3. The first kappa shape index (κ1) is 11.4. The number of hydrogen-bond acceptors (Lipinski definition) is 5. The van der Waals surface area contributed by atoms with Gasteiger partial charge in [0, 0.05) is 18.9 Å². The Hall–Kier alpha value is -2.08. The molecule has 2 heterocycles. The third-order valence-electron chi connectivity index (χ3n) is 2.20. The fourth-order valence-electron chi connectivity index (χ4n) is 1.37. The molecular formula is C11H12N4OS. The molecule has 0 atom stereocenters. The average Bonchev–Trinajstić information content (AvgIpc) is 2.69. The fourth-order valence-corrected chi connectivity index (χ4v) is 2.20. The van der Waals surface area contributed by atoms with E-state index in [1.807, 2.05) is 12.1 Å². The van der Waals surface area contributed by atoms with Gasteiger partial charge in [-0.25, -0.2) is 0 Å². The van der Waals surface area contributed by atoms with E-state index in [4.69, 9.17) is 11.5 Å². The van der Waals surface area contributed by atoms with Crippen LogP contribution in [0.3, 0.4) is 0 Å². The molecule has 88 valence electrons. The van der Waals surface area contributed by atoms with Crippen LogP contribution in [-0.4, -0.2) is 10.9 Å². The molecule has 5 nitrogen and oxygen atoms in total. The van der Waals surface area contributed by atoms with Crippen LogP contribution in [0.25, 0.3) is 0 Å². The van der Waals surface area contributed by atoms with Crippen LogP contribution in [0.15, 0.2) is 30.6 Å². The van der Waals surface area contributed by atoms with Gasteiger partial charge in [0.2, 0.25) is 0 Å². The molecule has 0 fully saturated rings. The van der Waals surface area contributed by atoms with Gasteiger partial charge in [0.1, 0.15) is 4.88 Å². The standard InChI is InChI=1S/C11H12N4OS/c12-8-5-9(17-10(8)11(13)16)15-6-7-1-3-14-4-2-7/h1-5,15H,6,12H2,(H2,13,16). The van der Waals surface area contributed by atoms with Gasteiger partial charge in [-0.3, -0.25) is 9.78 Å². The number of amides is 1. The van der Waals surface area contributed by atoms with Gasteiger partial charge in [-0.2, -0.15) is 0 Å². The SMILES string of the molecule is NC(=O)c1sc(NCc2ccncc2)cc1N. The lowest BCUT2D eigenvalue weighted by atomic mass is 10.3. The number of nitrogen functional groups attached to an aromatic ring is 1. The summed E-state index contributed by atoms with van der Waals surface area (Å²) in [5.74, 6) is -0.496. The van der Waals surface area contributed by atoms with E-state index in [0.29, 0.717) is 17.1 Å². The minimum atomic E-state index is -0.496. The molecule has 0 radical (unpaired) electrons. The zero-order valence-electron chi connectivity index (χ0n) is 9.01. The third-order valence-corrected chi connectivity index (χ3v) is 3.32. The van der Waals surface area contributed by atoms with E-state index >= 15 is 0 Å². The van der Waals surface area contributed by atoms with Gasteiger partial charge in [-0.1, -0.05) is 0 Å². The molecular weight excluding hydrogens is 236 g/mol. The molecule has 1 amide bonds. The molecule has 0 saturated carbocycles. The van der Waals surface area contributed by atoms with E-state index in [9.17, 15) is 4.79 Å². The minimum absolute atomic E-state index is 0.391. The van der Waals surface area contributed by atoms with E-state index in [0.717, 1.165) is 10.6 Å². The number of carbonyl (C=O) groups is 1. The zero-order chi connectivity index (χ0) is 12.3. The molecule has 5 N–H and O–H groups in total. The van der Waals surface area contributed by atoms with Gasteiger partial charge in [0.25, 0.3) is 5.91 Å². The Morgan fingerprint density at radius 3 is 2.71 bits per heavy atom. The number of thiophene rings is 1. The summed E-state index contributed by atoms with van der Waals surface area (Å²) in [6.07, 6.45) is 3.46. The molecule has 0 spiro atoms. The third kappa shape index (κ3) is 2.73. The van der Waals surface area contributed by atoms with Crippen molar-refractivity contribution >= 4 is 27.9 Å². The highest BCUT2D eigenvalue weighted by atomic mass is 32.1. The second kappa shape index (κ2) is 4.84. The molecule has 2 aromatic heterocycles. The van der Waals surface area contributed by atoms with E-state index in [2.05, 4.69) is 10.3 Å². The second-order valence-electron chi connectivity index (χ2n) is 3.47. The summed E-state index contributed by atoms with van der Waals surface area (Å²) >= 11 is 1.26. The largest absolute Gasteiger partial charge is 0.397 e. The minimum Gasteiger partial charge on any atom is -0.397 e. The molecule has 0 aliphatic rings. The maximum atomic E-state index is 11.0. The van der Waals surface area contributed by atoms with Crippen molar-refractivity contribution < 1.29 is 4.79 Å². The lowest BCUT2D eigenvalue weighted by Gasteiger charge is -2.02. The summed E-state index contributed by atoms with van der Waals surface area (Å²) in [4.78, 5) is 15.4. The summed E-state index contributed by atoms with van der Waals surface area (Å²) in [5, 5.41) is 4.01. The van der Waals surface area contributed by atoms with Gasteiger partial charge in [0.05, 0.1) is 10.7 Å². The molecule has 2 aromatic rings. The van der Waals surface area contributed by atoms with E-state index in [1.165, 1.54) is 11.3 Å². The first-order valence-electron chi connectivity index (χ1n) is 4.98. The zero-order valence-corrected chi connectivity index (χ0v) is 9.83. The van der Waals surface area contributed by atoms with Crippen molar-refractivity contribution in [1.82, 2.24) is 4.98 Å². The van der Waals surface area contributed by atoms with Crippen molar-refractivity contribution in [2.75, 3.05) is 11.1 Å². The van der Waals surface area contributed by atoms with Gasteiger partial charge >= 0.3 is 0 Å². The number of nitrogens with one attached hydrogen (secondary N) is 1. The Bertz CT molecular complexity index is 524. The summed E-state index contributed by atoms with van der Waals surface area (Å²) in [6, 6.07) is 5.55. The topological polar surface area (TPSA) is 94.0 Å². The van der Waals surface area contributed by atoms with Crippen LogP contribution in [0.5, 0.6) is 0 Å². The molecule has 0 aliphatic heterocycles. The number of rotatable bonds is 4. The highest BCUT2D eigenvalue weighted by Gasteiger charge is 2.10. The quantitative estimate of drug-likeness (QED) is 0.763. The second-order valence-corrected chi connectivity index (χ2v) is 4.52. The Morgan fingerprint density at radius 2 is 2.12 bits per heavy atom. The van der Waals surface area contributed by atoms with Gasteiger partial charge in [-0.15, -0.1) is 11.3 Å². The van der Waals surface area contributed by atoms with Gasteiger partial charge in [-0.05, 0) is 23.8 Å². The molecule has 17 heavy (non-hydrogen) atoms. The van der Waals surface area contributed by atoms with Crippen molar-refractivity contribution in [3.8, 4) is 0 Å². The Kier molecular flexibility index (Phi) is 3.24. The molecule has 2 rings (SSSR count). The van der Waals surface area contributed by atoms with Crippen LogP contribution in [0, 0.1) is 0 Å². The van der Waals surface area contributed by atoms with Gasteiger partial charge < -0.3 is 16.8 Å². The van der Waals surface area contributed by atoms with Gasteiger partial charge in [0.15, 0.2) is 0 Å². The van der Waals surface area contributed by atoms with E-state index in [1.54, 1.807) is 18.5 Å². The summed E-state index contributed by atoms with van der Waals surface area (Å²) in [7, 11) is 0. The molecule has 0 aromatic carbocycles. The van der Waals surface area contributed by atoms with Crippen LogP contribution >= 0.6 is 11.3 Å². The average molecular weight is 248 g/mol. The first-order valence-corrected chi connectivity index (χ1v) is 5.80. The lowest BCUT2D eigenvalue weighted by Crippen LogP contribution is -2.10. The fraction of sp³-hybridized carbons (Fsp3) is 0.0909. The van der Waals surface area contributed by atoms with Crippen LogP contribution in [0.4, 0.5) is 10.7 Å². The van der Waals surface area contributed by atoms with E-state index < -0.39 is 5.91 Å². The normalized spacial score (nSPS) is 10.1. The maximum absolute atomic E-state index is 11.0. The number of pyridine rings is 1. The van der Waals surface area contributed by atoms with Crippen molar-refractivity contribution in [3.63, 3.8) is 0 Å². The summed E-state index contributed by atoms with van der Waals surface area (Å²) in [5.41, 5.74) is 12.4. The Morgan fingerprint density at radius 1 is 1.41 bits per heavy atom. The highest BCUT2D eigenvalue weighted by molar-refractivity contribution is 7.18. The predicted octanol–water partition coefficient (Wildman–Crippen LogP) is 1.44. The van der Waals surface area contributed by atoms with Crippen molar-refractivity contribution in [3.05, 3.63) is 41.0 Å². The Balaban J connectivity index is 2.05. The number of carbonyl (C=O) groups excluding carboxylic acids is 1. The molecule has 0 aliphatic carbocycles. The molecule has 0 bridgehead atoms. The molecule has 6 heteroatoms. The maximum Gasteiger partial charge on any atom is 0.260 e.